The molecule has 2 unspecified atom stereocenters. The fourth-order valence-electron chi connectivity index (χ4n) is 3.39. The summed E-state index contributed by atoms with van der Waals surface area (Å²) in [6.45, 7) is 4.05. The second-order valence-corrected chi connectivity index (χ2v) is 7.44. The molecule has 0 heterocycles. The lowest BCUT2D eigenvalue weighted by Crippen LogP contribution is -2.46. The molecule has 0 radical (unpaired) electrons. The highest BCUT2D eigenvalue weighted by molar-refractivity contribution is 8.01. The molecule has 2 rings (SSSR count). The van der Waals surface area contributed by atoms with E-state index >= 15 is 0 Å². The Hall–Kier alpha value is -0.180. The molecule has 17 heavy (non-hydrogen) atoms. The highest BCUT2D eigenvalue weighted by atomic mass is 32.2. The average Bonchev–Trinajstić information content (AvgIpc) is 2.28. The van der Waals surface area contributed by atoms with Crippen molar-refractivity contribution in [2.45, 2.75) is 69.3 Å². The number of carboxylic acids is 1. The molecule has 2 nitrogen and oxygen atoms in total. The highest BCUT2D eigenvalue weighted by Gasteiger charge is 2.48. The van der Waals surface area contributed by atoms with Crippen LogP contribution in [0, 0.1) is 11.3 Å². The largest absolute Gasteiger partial charge is 0.480 e. The molecule has 0 aliphatic heterocycles. The van der Waals surface area contributed by atoms with Crippen LogP contribution in [-0.2, 0) is 4.79 Å². The summed E-state index contributed by atoms with van der Waals surface area (Å²) in [5.41, 5.74) is 0.519. The zero-order valence-corrected chi connectivity index (χ0v) is 11.8. The SMILES string of the molecule is CC(C)C(SC1CCC12CCCCC2)C(=O)O. The van der Waals surface area contributed by atoms with Gasteiger partial charge in [-0.2, -0.15) is 0 Å². The average molecular weight is 256 g/mol. The van der Waals surface area contributed by atoms with Crippen molar-refractivity contribution in [3.05, 3.63) is 0 Å². The van der Waals surface area contributed by atoms with Gasteiger partial charge in [-0.15, -0.1) is 11.8 Å². The Morgan fingerprint density at radius 3 is 2.29 bits per heavy atom. The summed E-state index contributed by atoms with van der Waals surface area (Å²) in [6, 6.07) is 0. The number of thioether (sulfide) groups is 1. The zero-order valence-electron chi connectivity index (χ0n) is 10.9. The van der Waals surface area contributed by atoms with Crippen molar-refractivity contribution in [2.75, 3.05) is 0 Å². The van der Waals surface area contributed by atoms with E-state index < -0.39 is 5.97 Å². The smallest absolute Gasteiger partial charge is 0.316 e. The monoisotopic (exact) mass is 256 g/mol. The number of rotatable bonds is 4. The first-order chi connectivity index (χ1) is 8.05. The van der Waals surface area contributed by atoms with Crippen LogP contribution >= 0.6 is 11.8 Å². The summed E-state index contributed by atoms with van der Waals surface area (Å²) >= 11 is 1.75. The third kappa shape index (κ3) is 2.64. The Bertz CT molecular complexity index is 282. The zero-order chi connectivity index (χ0) is 12.5. The second kappa shape index (κ2) is 5.21. The van der Waals surface area contributed by atoms with E-state index in [0.29, 0.717) is 10.7 Å². The topological polar surface area (TPSA) is 37.3 Å². The summed E-state index contributed by atoms with van der Waals surface area (Å²) in [6.07, 6.45) is 9.36. The second-order valence-electron chi connectivity index (χ2n) is 6.09. The molecule has 0 bridgehead atoms. The van der Waals surface area contributed by atoms with E-state index in [2.05, 4.69) is 0 Å². The van der Waals surface area contributed by atoms with Crippen LogP contribution in [0.15, 0.2) is 0 Å². The molecular formula is C14H24O2S. The van der Waals surface area contributed by atoms with Crippen LogP contribution < -0.4 is 0 Å². The quantitative estimate of drug-likeness (QED) is 0.827. The summed E-state index contributed by atoms with van der Waals surface area (Å²) in [5.74, 6) is -0.387. The number of carbonyl (C=O) groups is 1. The van der Waals surface area contributed by atoms with E-state index in [1.54, 1.807) is 11.8 Å². The maximum absolute atomic E-state index is 11.3. The fourth-order valence-corrected chi connectivity index (χ4v) is 5.07. The lowest BCUT2D eigenvalue weighted by molar-refractivity contribution is -0.137. The molecule has 2 saturated carbocycles. The van der Waals surface area contributed by atoms with Crippen molar-refractivity contribution in [1.29, 1.82) is 0 Å². The van der Waals surface area contributed by atoms with Crippen molar-refractivity contribution in [3.8, 4) is 0 Å². The molecule has 2 atom stereocenters. The third-order valence-electron chi connectivity index (χ3n) is 4.60. The van der Waals surface area contributed by atoms with Gasteiger partial charge in [0, 0.05) is 5.25 Å². The van der Waals surface area contributed by atoms with E-state index in [0.717, 1.165) is 0 Å². The first-order valence-corrected chi connectivity index (χ1v) is 7.88. The summed E-state index contributed by atoms with van der Waals surface area (Å²) in [4.78, 5) is 11.3. The van der Waals surface area contributed by atoms with Gasteiger partial charge in [0.25, 0.3) is 0 Å². The Morgan fingerprint density at radius 2 is 1.88 bits per heavy atom. The van der Waals surface area contributed by atoms with Crippen LogP contribution in [0.2, 0.25) is 0 Å². The van der Waals surface area contributed by atoms with Crippen molar-refractivity contribution >= 4 is 17.7 Å². The standard InChI is InChI=1S/C14H24O2S/c1-10(2)12(13(15)16)17-11-6-9-14(11)7-4-3-5-8-14/h10-12H,3-9H2,1-2H3,(H,15,16). The van der Waals surface area contributed by atoms with Gasteiger partial charge < -0.3 is 5.11 Å². The molecule has 0 aromatic rings. The first kappa shape index (κ1) is 13.3. The summed E-state index contributed by atoms with van der Waals surface area (Å²) in [7, 11) is 0. The molecule has 0 aromatic heterocycles. The van der Waals surface area contributed by atoms with Gasteiger partial charge in [0.05, 0.1) is 0 Å². The van der Waals surface area contributed by atoms with Crippen LogP contribution in [0.25, 0.3) is 0 Å². The van der Waals surface area contributed by atoms with Crippen molar-refractivity contribution in [1.82, 2.24) is 0 Å². The van der Waals surface area contributed by atoms with Gasteiger partial charge in [-0.3, -0.25) is 4.79 Å². The van der Waals surface area contributed by atoms with E-state index in [1.165, 1.54) is 44.9 Å². The predicted octanol–water partition coefficient (Wildman–Crippen LogP) is 3.94. The fraction of sp³-hybridized carbons (Fsp3) is 0.929. The minimum Gasteiger partial charge on any atom is -0.480 e. The Balaban J connectivity index is 1.96. The highest BCUT2D eigenvalue weighted by Crippen LogP contribution is 2.57. The van der Waals surface area contributed by atoms with Gasteiger partial charge in [-0.05, 0) is 37.0 Å². The number of hydrogen-bond donors (Lipinski definition) is 1. The van der Waals surface area contributed by atoms with E-state index in [1.807, 2.05) is 13.8 Å². The molecule has 98 valence electrons. The Kier molecular flexibility index (Phi) is 4.06. The minimum atomic E-state index is -0.622. The summed E-state index contributed by atoms with van der Waals surface area (Å²) in [5, 5.41) is 9.69. The van der Waals surface area contributed by atoms with Gasteiger partial charge in [-0.25, -0.2) is 0 Å². The minimum absolute atomic E-state index is 0.209. The van der Waals surface area contributed by atoms with Crippen LogP contribution in [0.1, 0.15) is 58.8 Å². The molecule has 2 aliphatic rings. The van der Waals surface area contributed by atoms with Gasteiger partial charge in [0.2, 0.25) is 0 Å². The van der Waals surface area contributed by atoms with Crippen molar-refractivity contribution in [3.63, 3.8) is 0 Å². The molecule has 0 saturated heterocycles. The third-order valence-corrected chi connectivity index (χ3v) is 6.70. The molecule has 1 N–H and O–H groups in total. The molecule has 2 aliphatic carbocycles. The molecule has 0 amide bonds. The normalized spacial score (nSPS) is 29.0. The molecular weight excluding hydrogens is 232 g/mol. The molecule has 0 aromatic carbocycles. The predicted molar refractivity (Wildman–Crippen MR) is 72.4 cm³/mol. The van der Waals surface area contributed by atoms with Gasteiger partial charge in [-0.1, -0.05) is 33.1 Å². The number of aliphatic carboxylic acids is 1. The summed E-state index contributed by atoms with van der Waals surface area (Å²) < 4.78 is 0. The van der Waals surface area contributed by atoms with Crippen LogP contribution in [0.3, 0.4) is 0 Å². The number of hydrogen-bond acceptors (Lipinski definition) is 2. The van der Waals surface area contributed by atoms with Gasteiger partial charge in [0.1, 0.15) is 5.25 Å². The van der Waals surface area contributed by atoms with Gasteiger partial charge >= 0.3 is 5.97 Å². The lowest BCUT2D eigenvalue weighted by Gasteiger charge is -2.52. The van der Waals surface area contributed by atoms with E-state index in [4.69, 9.17) is 0 Å². The Labute approximate surface area is 109 Å². The lowest BCUT2D eigenvalue weighted by atomic mass is 9.60. The number of carboxylic acid groups (broad SMARTS) is 1. The van der Waals surface area contributed by atoms with Crippen molar-refractivity contribution < 1.29 is 9.90 Å². The maximum Gasteiger partial charge on any atom is 0.316 e. The van der Waals surface area contributed by atoms with Crippen LogP contribution in [0.4, 0.5) is 0 Å². The molecule has 3 heteroatoms. The Morgan fingerprint density at radius 1 is 1.24 bits per heavy atom. The molecule has 2 fully saturated rings. The van der Waals surface area contributed by atoms with E-state index in [-0.39, 0.29) is 11.2 Å². The van der Waals surface area contributed by atoms with Crippen LogP contribution in [-0.4, -0.2) is 21.6 Å². The maximum atomic E-state index is 11.3. The van der Waals surface area contributed by atoms with E-state index in [9.17, 15) is 9.90 Å². The van der Waals surface area contributed by atoms with Crippen molar-refractivity contribution in [2.24, 2.45) is 11.3 Å². The van der Waals surface area contributed by atoms with Crippen LogP contribution in [0.5, 0.6) is 0 Å². The van der Waals surface area contributed by atoms with Gasteiger partial charge in [0.15, 0.2) is 0 Å². The molecule has 1 spiro atoms. The first-order valence-electron chi connectivity index (χ1n) is 6.93.